The van der Waals surface area contributed by atoms with Gasteiger partial charge in [0.05, 0.1) is 12.5 Å². The molecule has 5 nitrogen and oxygen atoms in total. The zero-order chi connectivity index (χ0) is 15.0. The van der Waals surface area contributed by atoms with Gasteiger partial charge in [-0.15, -0.1) is 11.3 Å². The van der Waals surface area contributed by atoms with Crippen LogP contribution in [0.25, 0.3) is 21.3 Å². The number of nitrogen functional groups attached to an aromatic ring is 1. The van der Waals surface area contributed by atoms with E-state index in [1.54, 1.807) is 11.7 Å². The van der Waals surface area contributed by atoms with Crippen molar-refractivity contribution in [3.05, 3.63) is 40.1 Å². The summed E-state index contributed by atoms with van der Waals surface area (Å²) in [6.07, 6.45) is 0. The van der Waals surface area contributed by atoms with E-state index in [1.165, 1.54) is 11.3 Å². The smallest absolute Gasteiger partial charge is 0.350 e. The van der Waals surface area contributed by atoms with Crippen molar-refractivity contribution < 1.29 is 4.74 Å². The fourth-order valence-electron chi connectivity index (χ4n) is 2.36. The molecular weight excluding hydrogens is 286 g/mol. The number of aromatic nitrogens is 2. The first-order valence-electron chi connectivity index (χ1n) is 6.57. The quantitative estimate of drug-likeness (QED) is 0.807. The monoisotopic (exact) mass is 301 g/mol. The highest BCUT2D eigenvalue weighted by Gasteiger charge is 2.15. The molecule has 108 valence electrons. The molecule has 2 aromatic heterocycles. The molecule has 3 rings (SSSR count). The zero-order valence-electron chi connectivity index (χ0n) is 11.8. The third-order valence-corrected chi connectivity index (χ3v) is 4.44. The maximum absolute atomic E-state index is 11.9. The minimum Gasteiger partial charge on any atom is -0.497 e. The van der Waals surface area contributed by atoms with E-state index in [1.807, 2.05) is 36.6 Å². The van der Waals surface area contributed by atoms with E-state index in [0.29, 0.717) is 6.54 Å². The summed E-state index contributed by atoms with van der Waals surface area (Å²) in [4.78, 5) is 16.7. The Morgan fingerprint density at radius 1 is 1.33 bits per heavy atom. The summed E-state index contributed by atoms with van der Waals surface area (Å²) in [6.45, 7) is 2.50. The molecule has 0 atom stereocenters. The zero-order valence-corrected chi connectivity index (χ0v) is 12.6. The van der Waals surface area contributed by atoms with Gasteiger partial charge in [0.2, 0.25) is 0 Å². The summed E-state index contributed by atoms with van der Waals surface area (Å²) in [5.41, 5.74) is 7.69. The summed E-state index contributed by atoms with van der Waals surface area (Å²) >= 11 is 1.51. The first kappa shape index (κ1) is 13.6. The van der Waals surface area contributed by atoms with Crippen LogP contribution < -0.4 is 16.2 Å². The van der Waals surface area contributed by atoms with Crippen LogP contribution in [0.3, 0.4) is 0 Å². The van der Waals surface area contributed by atoms with Crippen LogP contribution >= 0.6 is 11.3 Å². The number of nitrogens with two attached hydrogens (primary N) is 1. The molecule has 0 unspecified atom stereocenters. The highest BCUT2D eigenvalue weighted by Crippen LogP contribution is 2.36. The van der Waals surface area contributed by atoms with Gasteiger partial charge in [-0.1, -0.05) is 12.1 Å². The minimum absolute atomic E-state index is 0.284. The number of thiophene rings is 1. The van der Waals surface area contributed by atoms with Gasteiger partial charge in [0.15, 0.2) is 0 Å². The summed E-state index contributed by atoms with van der Waals surface area (Å²) in [5, 5.41) is 2.85. The van der Waals surface area contributed by atoms with Crippen LogP contribution in [0.1, 0.15) is 6.92 Å². The van der Waals surface area contributed by atoms with Gasteiger partial charge >= 0.3 is 5.69 Å². The molecule has 0 aliphatic rings. The van der Waals surface area contributed by atoms with E-state index < -0.39 is 0 Å². The van der Waals surface area contributed by atoms with E-state index in [4.69, 9.17) is 10.5 Å². The van der Waals surface area contributed by atoms with E-state index in [2.05, 4.69) is 4.98 Å². The van der Waals surface area contributed by atoms with Gasteiger partial charge in [-0.2, -0.15) is 4.98 Å². The number of fused-ring (bicyclic) bond motifs is 1. The summed E-state index contributed by atoms with van der Waals surface area (Å²) in [6, 6.07) is 7.75. The topological polar surface area (TPSA) is 70.1 Å². The van der Waals surface area contributed by atoms with Crippen molar-refractivity contribution in [2.75, 3.05) is 12.8 Å². The van der Waals surface area contributed by atoms with Crippen molar-refractivity contribution >= 4 is 27.4 Å². The first-order valence-corrected chi connectivity index (χ1v) is 7.45. The Bertz CT molecular complexity index is 850. The van der Waals surface area contributed by atoms with E-state index >= 15 is 0 Å². The molecule has 2 heterocycles. The molecule has 1 aromatic carbocycles. The second-order valence-electron chi connectivity index (χ2n) is 4.58. The summed E-state index contributed by atoms with van der Waals surface area (Å²) < 4.78 is 6.81. The number of hydrogen-bond donors (Lipinski definition) is 1. The lowest BCUT2D eigenvalue weighted by Crippen LogP contribution is -2.23. The van der Waals surface area contributed by atoms with Crippen LogP contribution in [0.2, 0.25) is 0 Å². The number of hydrogen-bond acceptors (Lipinski definition) is 5. The normalized spacial score (nSPS) is 11.0. The van der Waals surface area contributed by atoms with Gasteiger partial charge in [-0.05, 0) is 24.6 Å². The predicted molar refractivity (Wildman–Crippen MR) is 86.0 cm³/mol. The average Bonchev–Trinajstić information content (AvgIpc) is 2.93. The number of rotatable bonds is 3. The molecule has 0 bridgehead atoms. The third kappa shape index (κ3) is 2.17. The second-order valence-corrected chi connectivity index (χ2v) is 5.44. The molecule has 0 radical (unpaired) electrons. The Hall–Kier alpha value is -2.34. The number of nitrogens with zero attached hydrogens (tertiary/aromatic N) is 2. The SMILES string of the molecule is CCn1c(=O)nc(N)c2c(-c3ccc(OC)cc3)csc21. The van der Waals surface area contributed by atoms with Crippen molar-refractivity contribution in [3.8, 4) is 16.9 Å². The van der Waals surface area contributed by atoms with Gasteiger partial charge in [-0.3, -0.25) is 4.57 Å². The fourth-order valence-corrected chi connectivity index (χ4v) is 3.51. The van der Waals surface area contributed by atoms with Gasteiger partial charge in [0.1, 0.15) is 16.4 Å². The van der Waals surface area contributed by atoms with Crippen molar-refractivity contribution in [2.24, 2.45) is 0 Å². The predicted octanol–water partition coefficient (Wildman–Crippen LogP) is 2.74. The van der Waals surface area contributed by atoms with Gasteiger partial charge in [0, 0.05) is 17.5 Å². The fraction of sp³-hybridized carbons (Fsp3) is 0.200. The highest BCUT2D eigenvalue weighted by molar-refractivity contribution is 7.17. The third-order valence-electron chi connectivity index (χ3n) is 3.44. The molecule has 0 fully saturated rings. The number of benzene rings is 1. The number of methoxy groups -OCH3 is 1. The summed E-state index contributed by atoms with van der Waals surface area (Å²) in [5.74, 6) is 1.08. The van der Waals surface area contributed by atoms with Crippen LogP contribution in [0.15, 0.2) is 34.4 Å². The van der Waals surface area contributed by atoms with E-state index in [9.17, 15) is 4.79 Å². The number of ether oxygens (including phenoxy) is 1. The maximum Gasteiger partial charge on any atom is 0.350 e. The Morgan fingerprint density at radius 2 is 2.05 bits per heavy atom. The Kier molecular flexibility index (Phi) is 3.39. The van der Waals surface area contributed by atoms with Crippen LogP contribution in [-0.4, -0.2) is 16.7 Å². The molecule has 3 aromatic rings. The first-order chi connectivity index (χ1) is 10.2. The van der Waals surface area contributed by atoms with Crippen LogP contribution in [-0.2, 0) is 6.54 Å². The van der Waals surface area contributed by atoms with Crippen LogP contribution in [0.4, 0.5) is 5.82 Å². The Labute approximate surface area is 125 Å². The molecule has 21 heavy (non-hydrogen) atoms. The van der Waals surface area contributed by atoms with Crippen LogP contribution in [0, 0.1) is 0 Å². The number of anilines is 1. The van der Waals surface area contributed by atoms with Gasteiger partial charge in [0.25, 0.3) is 0 Å². The molecule has 0 saturated heterocycles. The van der Waals surface area contributed by atoms with E-state index in [-0.39, 0.29) is 11.5 Å². The van der Waals surface area contributed by atoms with Crippen molar-refractivity contribution in [3.63, 3.8) is 0 Å². The maximum atomic E-state index is 11.9. The standard InChI is InChI=1S/C15H15N3O2S/c1-3-18-14-12(13(16)17-15(18)19)11(8-21-14)9-4-6-10(20-2)7-5-9/h4-8H,3H2,1-2H3,(H2,16,17,19). The van der Waals surface area contributed by atoms with Crippen molar-refractivity contribution in [1.82, 2.24) is 9.55 Å². The molecule has 0 aliphatic heterocycles. The largest absolute Gasteiger partial charge is 0.497 e. The molecule has 0 saturated carbocycles. The summed E-state index contributed by atoms with van der Waals surface area (Å²) in [7, 11) is 1.64. The molecule has 2 N–H and O–H groups in total. The molecule has 0 spiro atoms. The number of aryl methyl sites for hydroxylation is 1. The molecule has 0 aliphatic carbocycles. The van der Waals surface area contributed by atoms with Gasteiger partial charge in [-0.25, -0.2) is 4.79 Å². The average molecular weight is 301 g/mol. The van der Waals surface area contributed by atoms with Gasteiger partial charge < -0.3 is 10.5 Å². The second kappa shape index (κ2) is 5.21. The van der Waals surface area contributed by atoms with Crippen molar-refractivity contribution in [1.29, 1.82) is 0 Å². The van der Waals surface area contributed by atoms with E-state index in [0.717, 1.165) is 27.1 Å². The lowest BCUT2D eigenvalue weighted by Gasteiger charge is -2.07. The molecular formula is C15H15N3O2S. The molecule has 0 amide bonds. The molecule has 6 heteroatoms. The Balaban J connectivity index is 2.26. The van der Waals surface area contributed by atoms with Crippen molar-refractivity contribution in [2.45, 2.75) is 13.5 Å². The lowest BCUT2D eigenvalue weighted by atomic mass is 10.1. The van der Waals surface area contributed by atoms with Crippen LogP contribution in [0.5, 0.6) is 5.75 Å². The highest BCUT2D eigenvalue weighted by atomic mass is 32.1. The minimum atomic E-state index is -0.300. The Morgan fingerprint density at radius 3 is 2.67 bits per heavy atom. The lowest BCUT2D eigenvalue weighted by molar-refractivity contribution is 0.415.